The molecule has 5 aromatic rings. The second-order valence-electron chi connectivity index (χ2n) is 9.20. The number of furan rings is 1. The summed E-state index contributed by atoms with van der Waals surface area (Å²) in [6.45, 7) is -0.525. The van der Waals surface area contributed by atoms with E-state index in [1.54, 1.807) is 0 Å². The number of benzene rings is 3. The molecular formula is C30H19FN4O6S. The minimum Gasteiger partial charge on any atom is -0.454 e. The average Bonchev–Trinajstić information content (AvgIpc) is 3.56. The van der Waals surface area contributed by atoms with E-state index in [2.05, 4.69) is 15.2 Å². The second-order valence-corrected chi connectivity index (χ2v) is 10.4. The summed E-state index contributed by atoms with van der Waals surface area (Å²) in [4.78, 5) is 56.1. The Bertz CT molecular complexity index is 1810. The van der Waals surface area contributed by atoms with Crippen molar-refractivity contribution in [2.75, 3.05) is 11.5 Å². The first kappa shape index (κ1) is 27.0. The number of carbonyl (C=O) groups is 4. The van der Waals surface area contributed by atoms with E-state index in [1.807, 2.05) is 30.3 Å². The monoisotopic (exact) mass is 582 g/mol. The first-order valence-corrected chi connectivity index (χ1v) is 13.5. The van der Waals surface area contributed by atoms with Crippen LogP contribution < -0.4 is 4.90 Å². The minimum absolute atomic E-state index is 0.0724. The number of Topliss-reactive ketones (excluding diaryl/α,β-unsaturated/α-hetero) is 1. The normalized spacial score (nSPS) is 14.9. The molecule has 208 valence electrons. The summed E-state index contributed by atoms with van der Waals surface area (Å²) in [6, 6.07) is 19.9. The highest BCUT2D eigenvalue weighted by Gasteiger charge is 2.41. The Kier molecular flexibility index (Phi) is 7.28. The van der Waals surface area contributed by atoms with Crippen LogP contribution in [0, 0.1) is 5.82 Å². The van der Waals surface area contributed by atoms with Crippen molar-refractivity contribution in [3.63, 3.8) is 0 Å². The van der Waals surface area contributed by atoms with Gasteiger partial charge < -0.3 is 9.15 Å². The van der Waals surface area contributed by atoms with E-state index in [1.165, 1.54) is 42.6 Å². The third-order valence-electron chi connectivity index (χ3n) is 6.43. The predicted molar refractivity (Wildman–Crippen MR) is 149 cm³/mol. The van der Waals surface area contributed by atoms with E-state index in [-0.39, 0.29) is 28.4 Å². The molecular weight excluding hydrogens is 563 g/mol. The molecule has 10 nitrogen and oxygen atoms in total. The Balaban J connectivity index is 1.10. The van der Waals surface area contributed by atoms with Crippen LogP contribution in [0.5, 0.6) is 0 Å². The second kappa shape index (κ2) is 11.3. The molecule has 0 spiro atoms. The number of hydrogen-bond acceptors (Lipinski definition) is 10. The van der Waals surface area contributed by atoms with Crippen molar-refractivity contribution < 1.29 is 32.7 Å². The summed E-state index contributed by atoms with van der Waals surface area (Å²) in [5.74, 6) is -2.11. The van der Waals surface area contributed by atoms with Gasteiger partial charge in [-0.15, -0.1) is 5.10 Å². The van der Waals surface area contributed by atoms with Crippen molar-refractivity contribution in [3.05, 3.63) is 102 Å². The van der Waals surface area contributed by atoms with Crippen LogP contribution in [0.4, 0.5) is 10.1 Å². The fourth-order valence-electron chi connectivity index (χ4n) is 4.34. The highest BCUT2D eigenvalue weighted by molar-refractivity contribution is 8.00. The summed E-state index contributed by atoms with van der Waals surface area (Å²) in [7, 11) is 0. The van der Waals surface area contributed by atoms with Gasteiger partial charge in [-0.2, -0.15) is 5.10 Å². The van der Waals surface area contributed by atoms with E-state index >= 15 is 0 Å². The molecule has 2 amide bonds. The molecule has 1 aliphatic heterocycles. The van der Waals surface area contributed by atoms with Gasteiger partial charge >= 0.3 is 5.97 Å². The molecule has 0 bridgehead atoms. The van der Waals surface area contributed by atoms with Crippen LogP contribution in [0.3, 0.4) is 0 Å². The van der Waals surface area contributed by atoms with E-state index < -0.39 is 41.2 Å². The number of esters is 1. The highest BCUT2D eigenvalue weighted by atomic mass is 32.2. The van der Waals surface area contributed by atoms with Gasteiger partial charge in [0.2, 0.25) is 17.0 Å². The number of imide groups is 1. The molecule has 0 aliphatic carbocycles. The smallest absolute Gasteiger partial charge is 0.338 e. The van der Waals surface area contributed by atoms with Crippen LogP contribution in [0.25, 0.3) is 22.4 Å². The summed E-state index contributed by atoms with van der Waals surface area (Å²) >= 11 is 1.03. The molecule has 0 N–H and O–H groups in total. The number of hydrogen-bond donors (Lipinski definition) is 0. The van der Waals surface area contributed by atoms with Gasteiger partial charge in [-0.3, -0.25) is 14.4 Å². The molecule has 0 saturated carbocycles. The lowest BCUT2D eigenvalue weighted by molar-refractivity contribution is -0.121. The molecule has 1 fully saturated rings. The maximum Gasteiger partial charge on any atom is 0.338 e. The summed E-state index contributed by atoms with van der Waals surface area (Å²) < 4.78 is 24.0. The number of carbonyl (C=O) groups excluding carboxylic acids is 4. The van der Waals surface area contributed by atoms with E-state index in [0.29, 0.717) is 17.0 Å². The molecule has 42 heavy (non-hydrogen) atoms. The van der Waals surface area contributed by atoms with E-state index in [0.717, 1.165) is 34.2 Å². The van der Waals surface area contributed by atoms with Crippen molar-refractivity contribution in [1.29, 1.82) is 0 Å². The number of halogens is 1. The van der Waals surface area contributed by atoms with Gasteiger partial charge in [0.25, 0.3) is 0 Å². The Hall–Kier alpha value is -5.23. The number of ketones is 1. The lowest BCUT2D eigenvalue weighted by atomic mass is 10.1. The molecule has 2 aromatic heterocycles. The lowest BCUT2D eigenvalue weighted by Crippen LogP contribution is -2.31. The topological polar surface area (TPSA) is 133 Å². The van der Waals surface area contributed by atoms with Crippen LogP contribution in [-0.2, 0) is 14.3 Å². The highest BCUT2D eigenvalue weighted by Crippen LogP contribution is 2.34. The zero-order chi connectivity index (χ0) is 29.2. The van der Waals surface area contributed by atoms with Crippen molar-refractivity contribution >= 4 is 52.0 Å². The standard InChI is InChI=1S/C30H19FN4O6S/c31-20-9-5-17(6-10-20)23(36)16-40-29(39)18-7-11-21(12-8-18)35-27(37)14-26(28(35)38)42-30-33-22(15-32-34-30)25-13-19-3-1-2-4-24(19)41-25/h1-13,15,26H,14,16H2. The molecule has 3 aromatic carbocycles. The Morgan fingerprint density at radius 3 is 2.50 bits per heavy atom. The third-order valence-corrected chi connectivity index (χ3v) is 7.47. The van der Waals surface area contributed by atoms with Crippen LogP contribution in [-0.4, -0.2) is 50.6 Å². The van der Waals surface area contributed by atoms with E-state index in [9.17, 15) is 23.6 Å². The number of aromatic nitrogens is 3. The number of nitrogens with zero attached hydrogens (tertiary/aromatic N) is 4. The SMILES string of the molecule is O=C(COC(=O)c1ccc(N2C(=O)CC(Sc3nncc(-c4cc5ccccc5o4)n3)C2=O)cc1)c1ccc(F)cc1. The molecule has 1 aliphatic rings. The van der Waals surface area contributed by atoms with Crippen LogP contribution in [0.15, 0.2) is 94.6 Å². The maximum absolute atomic E-state index is 13.2. The van der Waals surface area contributed by atoms with Gasteiger partial charge in [-0.25, -0.2) is 19.1 Å². The maximum atomic E-state index is 13.2. The van der Waals surface area contributed by atoms with Gasteiger partial charge in [0.15, 0.2) is 18.2 Å². The largest absolute Gasteiger partial charge is 0.454 e. The van der Waals surface area contributed by atoms with Crippen molar-refractivity contribution in [1.82, 2.24) is 15.2 Å². The quantitative estimate of drug-likeness (QED) is 0.142. The predicted octanol–water partition coefficient (Wildman–Crippen LogP) is 4.89. The third kappa shape index (κ3) is 5.52. The first-order valence-electron chi connectivity index (χ1n) is 12.6. The Labute approximate surface area is 241 Å². The molecule has 1 saturated heterocycles. The van der Waals surface area contributed by atoms with Crippen molar-refractivity contribution in [2.45, 2.75) is 16.8 Å². The molecule has 1 atom stereocenters. The van der Waals surface area contributed by atoms with Gasteiger partial charge in [0.05, 0.1) is 17.4 Å². The number of thioether (sulfide) groups is 1. The van der Waals surface area contributed by atoms with Crippen molar-refractivity contribution in [3.8, 4) is 11.5 Å². The molecule has 1 unspecified atom stereocenters. The zero-order valence-electron chi connectivity index (χ0n) is 21.6. The molecule has 3 heterocycles. The minimum atomic E-state index is -0.771. The molecule has 6 rings (SSSR count). The number of rotatable bonds is 8. The van der Waals surface area contributed by atoms with E-state index in [4.69, 9.17) is 9.15 Å². The molecule has 12 heteroatoms. The van der Waals surface area contributed by atoms with Gasteiger partial charge in [0.1, 0.15) is 22.3 Å². The fraction of sp³-hybridized carbons (Fsp3) is 0.100. The van der Waals surface area contributed by atoms with Crippen LogP contribution >= 0.6 is 11.8 Å². The number of ether oxygens (including phenoxy) is 1. The summed E-state index contributed by atoms with van der Waals surface area (Å²) in [6.07, 6.45) is 1.39. The molecule has 0 radical (unpaired) electrons. The van der Waals surface area contributed by atoms with Gasteiger partial charge in [-0.1, -0.05) is 30.0 Å². The first-order chi connectivity index (χ1) is 20.4. The number of para-hydroxylation sites is 1. The Morgan fingerprint density at radius 1 is 1.00 bits per heavy atom. The summed E-state index contributed by atoms with van der Waals surface area (Å²) in [5, 5.41) is 8.35. The van der Waals surface area contributed by atoms with Crippen molar-refractivity contribution in [2.24, 2.45) is 0 Å². The fourth-order valence-corrected chi connectivity index (χ4v) is 5.27. The summed E-state index contributed by atoms with van der Waals surface area (Å²) in [5.41, 5.74) is 1.75. The Morgan fingerprint density at radius 2 is 1.74 bits per heavy atom. The van der Waals surface area contributed by atoms with Gasteiger partial charge in [-0.05, 0) is 60.7 Å². The lowest BCUT2D eigenvalue weighted by Gasteiger charge is -2.15. The number of fused-ring (bicyclic) bond motifs is 1. The average molecular weight is 583 g/mol. The number of anilines is 1. The van der Waals surface area contributed by atoms with Crippen LogP contribution in [0.2, 0.25) is 0 Å². The number of amides is 2. The van der Waals surface area contributed by atoms with Gasteiger partial charge in [0, 0.05) is 17.4 Å². The van der Waals surface area contributed by atoms with Crippen LogP contribution in [0.1, 0.15) is 27.1 Å². The zero-order valence-corrected chi connectivity index (χ0v) is 22.4.